The average Bonchev–Trinajstić information content (AvgIpc) is 3.10. The summed E-state index contributed by atoms with van der Waals surface area (Å²) in [4.78, 5) is 29.2. The van der Waals surface area contributed by atoms with Crippen molar-refractivity contribution in [3.05, 3.63) is 53.9 Å². The highest BCUT2D eigenvalue weighted by molar-refractivity contribution is 5.93. The van der Waals surface area contributed by atoms with Gasteiger partial charge in [0.05, 0.1) is 13.2 Å². The molecule has 1 aromatic carbocycles. The lowest BCUT2D eigenvalue weighted by molar-refractivity contribution is -0.133. The summed E-state index contributed by atoms with van der Waals surface area (Å²) in [5, 5.41) is 2.92. The first-order valence-electron chi connectivity index (χ1n) is 9.94. The topological polar surface area (TPSA) is 66.8 Å². The number of carbonyl (C=O) groups excluding carboxylic acids is 2. The van der Waals surface area contributed by atoms with E-state index < -0.39 is 0 Å². The van der Waals surface area contributed by atoms with Crippen molar-refractivity contribution in [1.82, 2.24) is 14.4 Å². The molecule has 2 rings (SSSR count). The molecule has 1 heterocycles. The van der Waals surface area contributed by atoms with Crippen molar-refractivity contribution >= 4 is 17.6 Å². The lowest BCUT2D eigenvalue weighted by Gasteiger charge is -2.28. The molecule has 0 spiro atoms. The Morgan fingerprint density at radius 3 is 2.48 bits per heavy atom. The van der Waals surface area contributed by atoms with E-state index >= 15 is 0 Å². The number of carbonyl (C=O) groups is 2. The van der Waals surface area contributed by atoms with Crippen molar-refractivity contribution in [1.29, 1.82) is 0 Å². The molecule has 0 aliphatic rings. The zero-order chi connectivity index (χ0) is 21.2. The third kappa shape index (κ3) is 6.64. The molecule has 1 aromatic heterocycles. The second kappa shape index (κ2) is 11.3. The number of aryl methyl sites for hydroxylation is 2. The van der Waals surface area contributed by atoms with Crippen LogP contribution in [0.1, 0.15) is 24.6 Å². The van der Waals surface area contributed by atoms with Crippen LogP contribution >= 0.6 is 0 Å². The van der Waals surface area contributed by atoms with Gasteiger partial charge < -0.3 is 24.4 Å². The van der Waals surface area contributed by atoms with Crippen LogP contribution in [0.2, 0.25) is 0 Å². The predicted octanol–water partition coefficient (Wildman–Crippen LogP) is 3.25. The Morgan fingerprint density at radius 1 is 1.10 bits per heavy atom. The number of ether oxygens (including phenoxy) is 1. The number of anilines is 1. The number of methoxy groups -OCH3 is 1. The fourth-order valence-corrected chi connectivity index (χ4v) is 3.04. The van der Waals surface area contributed by atoms with E-state index in [4.69, 9.17) is 4.74 Å². The molecule has 0 radical (unpaired) electrons. The van der Waals surface area contributed by atoms with E-state index in [9.17, 15) is 9.59 Å². The molecule has 29 heavy (non-hydrogen) atoms. The Hall–Kier alpha value is -2.80. The number of para-hydroxylation sites is 1. The minimum Gasteiger partial charge on any atom is -0.383 e. The van der Waals surface area contributed by atoms with Crippen molar-refractivity contribution < 1.29 is 14.3 Å². The van der Waals surface area contributed by atoms with Crippen LogP contribution in [0.3, 0.4) is 0 Å². The van der Waals surface area contributed by atoms with Crippen molar-refractivity contribution in [2.45, 2.75) is 26.8 Å². The van der Waals surface area contributed by atoms with Crippen molar-refractivity contribution in [3.8, 4) is 0 Å². The molecule has 0 aliphatic carbocycles. The summed E-state index contributed by atoms with van der Waals surface area (Å²) in [5.74, 6) is -0.100. The highest BCUT2D eigenvalue weighted by Crippen LogP contribution is 2.14. The molecule has 0 saturated heterocycles. The van der Waals surface area contributed by atoms with Crippen LogP contribution in [0.5, 0.6) is 0 Å². The molecule has 3 amide bonds. The van der Waals surface area contributed by atoms with Crippen LogP contribution in [0.15, 0.2) is 42.6 Å². The van der Waals surface area contributed by atoms with Gasteiger partial charge in [0.1, 0.15) is 6.54 Å². The number of aromatic nitrogens is 1. The number of nitrogens with one attached hydrogen (secondary N) is 1. The minimum atomic E-state index is -0.264. The molecule has 7 heteroatoms. The number of rotatable bonds is 10. The molecule has 1 N–H and O–H groups in total. The number of urea groups is 1. The van der Waals surface area contributed by atoms with E-state index in [2.05, 4.69) is 5.32 Å². The molecular formula is C22H32N4O3. The Balaban J connectivity index is 2.08. The first-order chi connectivity index (χ1) is 14.0. The summed E-state index contributed by atoms with van der Waals surface area (Å²) in [5.41, 5.74) is 2.76. The highest BCUT2D eigenvalue weighted by atomic mass is 16.5. The van der Waals surface area contributed by atoms with Gasteiger partial charge in [0, 0.05) is 44.8 Å². The Bertz CT molecular complexity index is 803. The number of benzene rings is 1. The smallest absolute Gasteiger partial charge is 0.322 e. The number of hydrogen-bond donors (Lipinski definition) is 1. The summed E-state index contributed by atoms with van der Waals surface area (Å²) in [6.07, 6.45) is 2.72. The quantitative estimate of drug-likeness (QED) is 0.666. The molecule has 0 saturated carbocycles. The van der Waals surface area contributed by atoms with E-state index in [1.165, 1.54) is 0 Å². The fourth-order valence-electron chi connectivity index (χ4n) is 3.04. The summed E-state index contributed by atoms with van der Waals surface area (Å²) < 4.78 is 7.16. The van der Waals surface area contributed by atoms with Gasteiger partial charge in [-0.2, -0.15) is 0 Å². The van der Waals surface area contributed by atoms with E-state index in [0.29, 0.717) is 26.2 Å². The molecule has 2 aromatic rings. The van der Waals surface area contributed by atoms with Crippen molar-refractivity contribution in [2.24, 2.45) is 7.05 Å². The SMILES string of the molecule is CCCN(CC(=O)N(CCOC)Cc1cccn1C)C(=O)Nc1ccccc1C. The van der Waals surface area contributed by atoms with E-state index in [1.54, 1.807) is 16.9 Å². The molecule has 0 atom stereocenters. The molecular weight excluding hydrogens is 368 g/mol. The van der Waals surface area contributed by atoms with E-state index in [1.807, 2.05) is 68.1 Å². The van der Waals surface area contributed by atoms with Gasteiger partial charge in [0.25, 0.3) is 0 Å². The van der Waals surface area contributed by atoms with Gasteiger partial charge in [-0.15, -0.1) is 0 Å². The highest BCUT2D eigenvalue weighted by Gasteiger charge is 2.22. The largest absolute Gasteiger partial charge is 0.383 e. The maximum atomic E-state index is 13.0. The summed E-state index contributed by atoms with van der Waals surface area (Å²) >= 11 is 0. The Kier molecular flexibility index (Phi) is 8.73. The van der Waals surface area contributed by atoms with Gasteiger partial charge in [0.2, 0.25) is 5.91 Å². The van der Waals surface area contributed by atoms with Crippen LogP contribution in [0.4, 0.5) is 10.5 Å². The standard InChI is InChI=1S/C22H32N4O3/c1-5-12-26(22(28)23-20-11-7-6-9-18(20)2)17-21(27)25(14-15-29-4)16-19-10-8-13-24(19)3/h6-11,13H,5,12,14-17H2,1-4H3,(H,23,28). The average molecular weight is 401 g/mol. The van der Waals surface area contributed by atoms with Crippen LogP contribution in [0.25, 0.3) is 0 Å². The molecule has 0 bridgehead atoms. The lowest BCUT2D eigenvalue weighted by atomic mass is 10.2. The number of hydrogen-bond acceptors (Lipinski definition) is 3. The van der Waals surface area contributed by atoms with Crippen molar-refractivity contribution in [2.75, 3.05) is 38.7 Å². The van der Waals surface area contributed by atoms with Crippen LogP contribution in [-0.2, 0) is 23.1 Å². The van der Waals surface area contributed by atoms with E-state index in [-0.39, 0.29) is 18.5 Å². The number of amides is 3. The van der Waals surface area contributed by atoms with Gasteiger partial charge in [-0.25, -0.2) is 4.79 Å². The van der Waals surface area contributed by atoms with Gasteiger partial charge in [0.15, 0.2) is 0 Å². The van der Waals surface area contributed by atoms with Gasteiger partial charge >= 0.3 is 6.03 Å². The van der Waals surface area contributed by atoms with Crippen molar-refractivity contribution in [3.63, 3.8) is 0 Å². The molecule has 0 unspecified atom stereocenters. The monoisotopic (exact) mass is 400 g/mol. The van der Waals surface area contributed by atoms with E-state index in [0.717, 1.165) is 23.4 Å². The normalized spacial score (nSPS) is 10.6. The molecule has 0 aliphatic heterocycles. The zero-order valence-electron chi connectivity index (χ0n) is 17.9. The lowest BCUT2D eigenvalue weighted by Crippen LogP contribution is -2.45. The van der Waals surface area contributed by atoms with Crippen LogP contribution in [0, 0.1) is 6.92 Å². The van der Waals surface area contributed by atoms with Gasteiger partial charge in [-0.05, 0) is 37.1 Å². The first kappa shape index (κ1) is 22.5. The van der Waals surface area contributed by atoms with Crippen LogP contribution in [-0.4, -0.2) is 59.7 Å². The maximum Gasteiger partial charge on any atom is 0.322 e. The number of nitrogens with zero attached hydrogens (tertiary/aromatic N) is 3. The fraction of sp³-hybridized carbons (Fsp3) is 0.455. The second-order valence-electron chi connectivity index (χ2n) is 7.09. The first-order valence-corrected chi connectivity index (χ1v) is 9.94. The summed E-state index contributed by atoms with van der Waals surface area (Å²) in [7, 11) is 3.57. The Labute approximate surface area is 173 Å². The third-order valence-electron chi connectivity index (χ3n) is 4.82. The summed E-state index contributed by atoms with van der Waals surface area (Å²) in [6, 6.07) is 11.3. The minimum absolute atomic E-state index is 0.0275. The summed E-state index contributed by atoms with van der Waals surface area (Å²) in [6.45, 7) is 5.86. The van der Waals surface area contributed by atoms with Crippen LogP contribution < -0.4 is 5.32 Å². The second-order valence-corrected chi connectivity index (χ2v) is 7.09. The Morgan fingerprint density at radius 2 is 1.86 bits per heavy atom. The van der Waals surface area contributed by atoms with Gasteiger partial charge in [-0.1, -0.05) is 25.1 Å². The van der Waals surface area contributed by atoms with Gasteiger partial charge in [-0.3, -0.25) is 4.79 Å². The third-order valence-corrected chi connectivity index (χ3v) is 4.82. The molecule has 158 valence electrons. The molecule has 0 fully saturated rings. The maximum absolute atomic E-state index is 13.0. The zero-order valence-corrected chi connectivity index (χ0v) is 17.9. The predicted molar refractivity (Wildman–Crippen MR) is 115 cm³/mol. The molecule has 7 nitrogen and oxygen atoms in total.